The van der Waals surface area contributed by atoms with Crippen molar-refractivity contribution in [2.75, 3.05) is 6.54 Å². The van der Waals surface area contributed by atoms with Crippen molar-refractivity contribution in [3.63, 3.8) is 0 Å². The molecule has 0 amide bonds. The van der Waals surface area contributed by atoms with Crippen LogP contribution in [0.1, 0.15) is 6.42 Å². The number of rotatable bonds is 0. The van der Waals surface area contributed by atoms with Gasteiger partial charge in [0.1, 0.15) is 8.24 Å². The van der Waals surface area contributed by atoms with Gasteiger partial charge in [0, 0.05) is 8.07 Å². The van der Waals surface area contributed by atoms with Crippen LogP contribution in [0, 0.1) is 0 Å². The minimum atomic E-state index is -0.977. The molecule has 1 fully saturated rings. The van der Waals surface area contributed by atoms with E-state index in [9.17, 15) is 0 Å². The number of hydrogen-bond acceptors (Lipinski definition) is 1. The molecule has 0 aliphatic carbocycles. The van der Waals surface area contributed by atoms with Crippen LogP contribution >= 0.6 is 0 Å². The zero-order chi connectivity index (χ0) is 9.24. The summed E-state index contributed by atoms with van der Waals surface area (Å²) in [6.45, 7) is 11.4. The van der Waals surface area contributed by atoms with Crippen molar-refractivity contribution in [3.8, 4) is 0 Å². The van der Waals surface area contributed by atoms with Gasteiger partial charge in [0.2, 0.25) is 0 Å². The molecule has 0 spiro atoms. The molecule has 0 aromatic carbocycles. The van der Waals surface area contributed by atoms with Crippen LogP contribution in [0.5, 0.6) is 0 Å². The van der Waals surface area contributed by atoms with Gasteiger partial charge in [-0.05, 0) is 19.0 Å². The van der Waals surface area contributed by atoms with E-state index in [1.165, 1.54) is 25.1 Å². The molecule has 0 aromatic rings. The fraction of sp³-hybridized carbons (Fsp3) is 1.00. The summed E-state index contributed by atoms with van der Waals surface area (Å²) in [5, 5.41) is 0. The predicted octanol–water partition coefficient (Wildman–Crippen LogP) is 2.89. The van der Waals surface area contributed by atoms with E-state index in [0.29, 0.717) is 0 Å². The zero-order valence-corrected chi connectivity index (χ0v) is 11.0. The summed E-state index contributed by atoms with van der Waals surface area (Å²) in [6, 6.07) is 4.59. The molecule has 1 saturated heterocycles. The second kappa shape index (κ2) is 3.64. The molecule has 0 bridgehead atoms. The molecule has 0 atom stereocenters. The van der Waals surface area contributed by atoms with Gasteiger partial charge in [-0.25, -0.2) is 0 Å². The molecule has 1 aliphatic heterocycles. The normalized spacial score (nSPS) is 29.0. The Morgan fingerprint density at radius 3 is 2.25 bits per heavy atom. The van der Waals surface area contributed by atoms with E-state index in [0.717, 1.165) is 0 Å². The fourth-order valence-corrected chi connectivity index (χ4v) is 9.48. The lowest BCUT2D eigenvalue weighted by Crippen LogP contribution is -2.48. The van der Waals surface area contributed by atoms with E-state index in [4.69, 9.17) is 0 Å². The minimum Gasteiger partial charge on any atom is -0.337 e. The van der Waals surface area contributed by atoms with Gasteiger partial charge in [0.25, 0.3) is 0 Å². The summed E-state index contributed by atoms with van der Waals surface area (Å²) in [4.78, 5) is 3.76. The van der Waals surface area contributed by atoms with Crippen molar-refractivity contribution in [1.29, 1.82) is 0 Å². The van der Waals surface area contributed by atoms with Crippen LogP contribution in [0.2, 0.25) is 44.3 Å². The molecule has 1 heterocycles. The van der Waals surface area contributed by atoms with Gasteiger partial charge in [0.15, 0.2) is 0 Å². The van der Waals surface area contributed by atoms with Crippen molar-refractivity contribution < 1.29 is 0 Å². The Balaban J connectivity index is 2.51. The Morgan fingerprint density at radius 1 is 0.917 bits per heavy atom. The third-order valence-electron chi connectivity index (χ3n) is 3.06. The Morgan fingerprint density at radius 2 is 1.58 bits per heavy atom. The molecule has 1 rings (SSSR count). The Kier molecular flexibility index (Phi) is 3.18. The van der Waals surface area contributed by atoms with Gasteiger partial charge < -0.3 is 4.98 Å². The summed E-state index contributed by atoms with van der Waals surface area (Å²) in [5.74, 6) is 0. The van der Waals surface area contributed by atoms with Crippen molar-refractivity contribution in [3.05, 3.63) is 0 Å². The average Bonchev–Trinajstić information content (AvgIpc) is 1.94. The first-order chi connectivity index (χ1) is 5.41. The maximum absolute atomic E-state index is 3.76. The molecule has 0 aromatic heterocycles. The molecular formula is C9H23NSi2. The van der Waals surface area contributed by atoms with Gasteiger partial charge in [-0.1, -0.05) is 38.3 Å². The van der Waals surface area contributed by atoms with Crippen molar-refractivity contribution in [2.24, 2.45) is 0 Å². The van der Waals surface area contributed by atoms with E-state index in [1.807, 2.05) is 0 Å². The first-order valence-corrected chi connectivity index (χ1v) is 11.8. The van der Waals surface area contributed by atoms with Gasteiger partial charge in [-0.2, -0.15) is 0 Å². The van der Waals surface area contributed by atoms with Gasteiger partial charge in [-0.3, -0.25) is 0 Å². The summed E-state index contributed by atoms with van der Waals surface area (Å²) in [6.07, 6.45) is 1.43. The second-order valence-corrected chi connectivity index (χ2v) is 15.5. The molecular weight excluding hydrogens is 178 g/mol. The molecule has 72 valence electrons. The van der Waals surface area contributed by atoms with Crippen molar-refractivity contribution in [1.82, 2.24) is 4.98 Å². The lowest BCUT2D eigenvalue weighted by atomic mass is 10.5. The maximum Gasteiger partial charge on any atom is 0.119 e. The maximum atomic E-state index is 3.76. The molecule has 1 nitrogen and oxygen atoms in total. The largest absolute Gasteiger partial charge is 0.337 e. The van der Waals surface area contributed by atoms with Crippen LogP contribution in [0.3, 0.4) is 0 Å². The van der Waals surface area contributed by atoms with Crippen LogP contribution in [0.15, 0.2) is 0 Å². The number of nitrogens with one attached hydrogen (secondary N) is 1. The third-order valence-corrected chi connectivity index (χ3v) is 9.58. The molecule has 0 radical (unpaired) electrons. The Bertz CT molecular complexity index is 137. The smallest absolute Gasteiger partial charge is 0.119 e. The minimum absolute atomic E-state index is 0.767. The van der Waals surface area contributed by atoms with E-state index < -0.39 is 16.3 Å². The molecule has 0 saturated carbocycles. The lowest BCUT2D eigenvalue weighted by molar-refractivity contribution is 0.806. The highest BCUT2D eigenvalue weighted by molar-refractivity contribution is 6.81. The van der Waals surface area contributed by atoms with Crippen molar-refractivity contribution >= 4 is 16.3 Å². The second-order valence-electron chi connectivity index (χ2n) is 5.58. The fourth-order valence-electron chi connectivity index (χ4n) is 1.86. The van der Waals surface area contributed by atoms with Crippen LogP contribution < -0.4 is 4.98 Å². The van der Waals surface area contributed by atoms with Gasteiger partial charge in [-0.15, -0.1) is 0 Å². The van der Waals surface area contributed by atoms with Crippen LogP contribution in [0.25, 0.3) is 0 Å². The number of hydrogen-bond donors (Lipinski definition) is 1. The van der Waals surface area contributed by atoms with E-state index in [1.54, 1.807) is 6.04 Å². The summed E-state index contributed by atoms with van der Waals surface area (Å²) < 4.78 is 0. The van der Waals surface area contributed by atoms with E-state index in [2.05, 4.69) is 31.2 Å². The van der Waals surface area contributed by atoms with E-state index in [-0.39, 0.29) is 0 Å². The summed E-state index contributed by atoms with van der Waals surface area (Å²) in [7, 11) is -1.74. The van der Waals surface area contributed by atoms with E-state index >= 15 is 0 Å². The average molecular weight is 201 g/mol. The molecule has 3 heteroatoms. The summed E-state index contributed by atoms with van der Waals surface area (Å²) >= 11 is 0. The molecule has 12 heavy (non-hydrogen) atoms. The predicted molar refractivity (Wildman–Crippen MR) is 62.0 cm³/mol. The van der Waals surface area contributed by atoms with Crippen LogP contribution in [-0.4, -0.2) is 22.9 Å². The zero-order valence-electron chi connectivity index (χ0n) is 9.04. The molecule has 1 aliphatic rings. The van der Waals surface area contributed by atoms with Gasteiger partial charge in [0.05, 0.1) is 0 Å². The first-order valence-electron chi connectivity index (χ1n) is 5.16. The first kappa shape index (κ1) is 10.5. The Hall–Kier alpha value is 0.394. The van der Waals surface area contributed by atoms with Gasteiger partial charge >= 0.3 is 0 Å². The topological polar surface area (TPSA) is 12.0 Å². The van der Waals surface area contributed by atoms with Crippen LogP contribution in [0.4, 0.5) is 0 Å². The highest BCUT2D eigenvalue weighted by Gasteiger charge is 2.28. The Labute approximate surface area is 79.0 Å². The quantitative estimate of drug-likeness (QED) is 0.594. The standard InChI is InChI=1S/C9H23NSi2/c1-11(2)7-5-6-10-12(3,4)9-8-11/h10H,5-9H2,1-4H3. The van der Waals surface area contributed by atoms with Crippen molar-refractivity contribution in [2.45, 2.75) is 50.7 Å². The monoisotopic (exact) mass is 201 g/mol. The third kappa shape index (κ3) is 3.41. The summed E-state index contributed by atoms with van der Waals surface area (Å²) in [5.41, 5.74) is 0. The SMILES string of the molecule is C[Si]1(C)CCCN[Si](C)(C)CC1. The molecule has 1 N–H and O–H groups in total. The highest BCUT2D eigenvalue weighted by Crippen LogP contribution is 2.25. The van der Waals surface area contributed by atoms with Crippen LogP contribution in [-0.2, 0) is 0 Å². The highest BCUT2D eigenvalue weighted by atomic mass is 28.3. The molecule has 0 unspecified atom stereocenters. The lowest BCUT2D eigenvalue weighted by Gasteiger charge is -2.33.